The summed E-state index contributed by atoms with van der Waals surface area (Å²) in [5.74, 6) is -1.11. The summed E-state index contributed by atoms with van der Waals surface area (Å²) in [4.78, 5) is 23.7. The Balaban J connectivity index is 1.98. The molecule has 0 radical (unpaired) electrons. The minimum Gasteiger partial charge on any atom is -0.496 e. The second kappa shape index (κ2) is 8.31. The van der Waals surface area contributed by atoms with Crippen molar-refractivity contribution >= 4 is 27.8 Å². The molecule has 126 valence electrons. The zero-order valence-corrected chi connectivity index (χ0v) is 14.5. The second-order valence-corrected chi connectivity index (χ2v) is 6.31. The Morgan fingerprint density at radius 2 is 2.13 bits per heavy atom. The highest BCUT2D eigenvalue weighted by molar-refractivity contribution is 9.10. The molecular weight excluding hydrogens is 366 g/mol. The summed E-state index contributed by atoms with van der Waals surface area (Å²) >= 11 is 3.33. The third-order valence-corrected chi connectivity index (χ3v) is 4.67. The highest BCUT2D eigenvalue weighted by Crippen LogP contribution is 2.26. The third-order valence-electron chi connectivity index (χ3n) is 4.05. The van der Waals surface area contributed by atoms with E-state index in [0.717, 1.165) is 0 Å². The molecule has 7 heteroatoms. The van der Waals surface area contributed by atoms with E-state index in [1.165, 1.54) is 0 Å². The van der Waals surface area contributed by atoms with Crippen molar-refractivity contribution in [3.05, 3.63) is 28.2 Å². The zero-order chi connectivity index (χ0) is 16.8. The predicted molar refractivity (Wildman–Crippen MR) is 87.7 cm³/mol. The van der Waals surface area contributed by atoms with E-state index in [-0.39, 0.29) is 18.4 Å². The van der Waals surface area contributed by atoms with E-state index >= 15 is 0 Å². The van der Waals surface area contributed by atoms with Crippen LogP contribution in [0, 0.1) is 11.8 Å². The Kier molecular flexibility index (Phi) is 6.41. The van der Waals surface area contributed by atoms with Crippen LogP contribution in [0.3, 0.4) is 0 Å². The number of carbonyl (C=O) groups is 2. The summed E-state index contributed by atoms with van der Waals surface area (Å²) in [6.07, 6.45) is 1.42. The number of carbonyl (C=O) groups excluding carboxylic acids is 1. The summed E-state index contributed by atoms with van der Waals surface area (Å²) in [6, 6.07) is 4.98. The van der Waals surface area contributed by atoms with Gasteiger partial charge in [0.1, 0.15) is 5.75 Å². The largest absolute Gasteiger partial charge is 0.496 e. The molecule has 1 fully saturated rings. The van der Waals surface area contributed by atoms with Crippen molar-refractivity contribution in [1.82, 2.24) is 5.32 Å². The van der Waals surface area contributed by atoms with Crippen molar-refractivity contribution in [2.45, 2.75) is 12.8 Å². The van der Waals surface area contributed by atoms with Crippen LogP contribution in [0.1, 0.15) is 23.2 Å². The van der Waals surface area contributed by atoms with Crippen LogP contribution >= 0.6 is 15.9 Å². The molecule has 0 aromatic heterocycles. The summed E-state index contributed by atoms with van der Waals surface area (Å²) in [5.41, 5.74) is 0.453. The molecule has 2 N–H and O–H groups in total. The van der Waals surface area contributed by atoms with Gasteiger partial charge in [-0.1, -0.05) is 0 Å². The summed E-state index contributed by atoms with van der Waals surface area (Å²) in [7, 11) is 1.55. The molecule has 23 heavy (non-hydrogen) atoms. The number of carboxylic acids is 1. The fourth-order valence-electron chi connectivity index (χ4n) is 2.69. The van der Waals surface area contributed by atoms with Crippen molar-refractivity contribution in [2.75, 3.05) is 26.9 Å². The van der Waals surface area contributed by atoms with Gasteiger partial charge in [-0.25, -0.2) is 0 Å². The van der Waals surface area contributed by atoms with Gasteiger partial charge in [-0.15, -0.1) is 0 Å². The lowest BCUT2D eigenvalue weighted by Crippen LogP contribution is -2.39. The van der Waals surface area contributed by atoms with Crippen LogP contribution in [0.25, 0.3) is 0 Å². The van der Waals surface area contributed by atoms with Crippen molar-refractivity contribution in [3.8, 4) is 5.75 Å². The van der Waals surface area contributed by atoms with Crippen molar-refractivity contribution < 1.29 is 24.2 Å². The number of hydrogen-bond acceptors (Lipinski definition) is 4. The topological polar surface area (TPSA) is 84.9 Å². The van der Waals surface area contributed by atoms with Crippen LogP contribution in [0.4, 0.5) is 0 Å². The molecule has 1 unspecified atom stereocenters. The number of rotatable bonds is 6. The molecule has 1 aliphatic heterocycles. The first kappa shape index (κ1) is 17.7. The van der Waals surface area contributed by atoms with Gasteiger partial charge in [-0.05, 0) is 52.9 Å². The molecule has 0 spiro atoms. The number of amides is 1. The predicted octanol–water partition coefficient (Wildman–Crippen LogP) is 2.31. The normalized spacial score (nSPS) is 16.6. The number of nitrogens with one attached hydrogen (secondary N) is 1. The Labute approximate surface area is 143 Å². The van der Waals surface area contributed by atoms with Gasteiger partial charge < -0.3 is 19.9 Å². The van der Waals surface area contributed by atoms with E-state index in [1.807, 2.05) is 0 Å². The van der Waals surface area contributed by atoms with Gasteiger partial charge in [-0.3, -0.25) is 9.59 Å². The number of hydrogen-bond donors (Lipinski definition) is 2. The fourth-order valence-corrected chi connectivity index (χ4v) is 3.23. The number of aliphatic carboxylic acids is 1. The molecule has 1 heterocycles. The van der Waals surface area contributed by atoms with E-state index in [2.05, 4.69) is 21.2 Å². The molecule has 1 saturated heterocycles. The van der Waals surface area contributed by atoms with Gasteiger partial charge in [0.15, 0.2) is 0 Å². The first-order valence-electron chi connectivity index (χ1n) is 7.45. The van der Waals surface area contributed by atoms with Crippen LogP contribution in [0.15, 0.2) is 22.7 Å². The Morgan fingerprint density at radius 3 is 2.70 bits per heavy atom. The monoisotopic (exact) mass is 385 g/mol. The van der Waals surface area contributed by atoms with E-state index in [9.17, 15) is 14.7 Å². The van der Waals surface area contributed by atoms with E-state index in [1.54, 1.807) is 25.3 Å². The quantitative estimate of drug-likeness (QED) is 0.784. The molecule has 0 saturated carbocycles. The minimum absolute atomic E-state index is 0.0316. The average molecular weight is 386 g/mol. The van der Waals surface area contributed by atoms with Gasteiger partial charge >= 0.3 is 5.97 Å². The highest BCUT2D eigenvalue weighted by atomic mass is 79.9. The van der Waals surface area contributed by atoms with Crippen LogP contribution < -0.4 is 10.1 Å². The third kappa shape index (κ3) is 4.68. The molecule has 6 nitrogen and oxygen atoms in total. The van der Waals surface area contributed by atoms with E-state index < -0.39 is 11.9 Å². The van der Waals surface area contributed by atoms with Gasteiger partial charge in [-0.2, -0.15) is 0 Å². The van der Waals surface area contributed by atoms with Gasteiger partial charge in [0.25, 0.3) is 5.91 Å². The lowest BCUT2D eigenvalue weighted by Gasteiger charge is -2.27. The van der Waals surface area contributed by atoms with Crippen molar-refractivity contribution in [3.63, 3.8) is 0 Å². The molecule has 0 aliphatic carbocycles. The van der Waals surface area contributed by atoms with Gasteiger partial charge in [0.05, 0.1) is 17.5 Å². The molecule has 1 atom stereocenters. The molecule has 0 bridgehead atoms. The number of halogens is 1. The number of carboxylic acid groups (broad SMARTS) is 1. The Hall–Kier alpha value is -1.60. The zero-order valence-electron chi connectivity index (χ0n) is 12.9. The lowest BCUT2D eigenvalue weighted by molar-refractivity contribution is -0.144. The van der Waals surface area contributed by atoms with Crippen molar-refractivity contribution in [2.24, 2.45) is 11.8 Å². The maximum absolute atomic E-state index is 12.2. The van der Waals surface area contributed by atoms with Crippen LogP contribution in [-0.2, 0) is 9.53 Å². The molecule has 1 amide bonds. The smallest absolute Gasteiger partial charge is 0.308 e. The standard InChI is InChI=1S/C16H20BrNO5/c1-22-14-3-2-11(8-13(14)17)15(19)18-9-12(16(20)21)10-4-6-23-7-5-10/h2-3,8,10,12H,4-7,9H2,1H3,(H,18,19)(H,20,21). The van der Waals surface area contributed by atoms with Crippen molar-refractivity contribution in [1.29, 1.82) is 0 Å². The maximum atomic E-state index is 12.2. The number of ether oxygens (including phenoxy) is 2. The SMILES string of the molecule is COc1ccc(C(=O)NCC(C(=O)O)C2CCOCC2)cc1Br. The second-order valence-electron chi connectivity index (χ2n) is 5.45. The van der Waals surface area contributed by atoms with Crippen LogP contribution in [0.2, 0.25) is 0 Å². The summed E-state index contributed by atoms with van der Waals surface area (Å²) in [5, 5.41) is 12.1. The Morgan fingerprint density at radius 1 is 1.43 bits per heavy atom. The first-order valence-corrected chi connectivity index (χ1v) is 8.24. The summed E-state index contributed by atoms with van der Waals surface area (Å²) < 4.78 is 11.1. The highest BCUT2D eigenvalue weighted by Gasteiger charge is 2.30. The average Bonchev–Trinajstić information content (AvgIpc) is 2.55. The fraction of sp³-hybridized carbons (Fsp3) is 0.500. The number of benzene rings is 1. The maximum Gasteiger partial charge on any atom is 0.308 e. The molecule has 1 aliphatic rings. The Bertz CT molecular complexity index is 572. The van der Waals surface area contributed by atoms with Gasteiger partial charge in [0, 0.05) is 25.3 Å². The molecular formula is C16H20BrNO5. The first-order chi connectivity index (χ1) is 11.0. The van der Waals surface area contributed by atoms with Gasteiger partial charge in [0.2, 0.25) is 0 Å². The van der Waals surface area contributed by atoms with Crippen LogP contribution in [0.5, 0.6) is 5.75 Å². The summed E-state index contributed by atoms with van der Waals surface area (Å²) in [6.45, 7) is 1.27. The lowest BCUT2D eigenvalue weighted by atomic mass is 9.86. The minimum atomic E-state index is -0.881. The van der Waals surface area contributed by atoms with E-state index in [4.69, 9.17) is 9.47 Å². The molecule has 1 aromatic rings. The molecule has 1 aromatic carbocycles. The van der Waals surface area contributed by atoms with E-state index in [0.29, 0.717) is 41.8 Å². The molecule has 2 rings (SSSR count). The number of methoxy groups -OCH3 is 1. The van der Waals surface area contributed by atoms with Crippen LogP contribution in [-0.4, -0.2) is 43.9 Å².